The lowest BCUT2D eigenvalue weighted by molar-refractivity contribution is 0.422. The van der Waals surface area contributed by atoms with E-state index in [-0.39, 0.29) is 0 Å². The van der Waals surface area contributed by atoms with Crippen LogP contribution in [0.15, 0.2) is 52.2 Å². The lowest BCUT2D eigenvalue weighted by atomic mass is 10.1. The molecular weight excluding hydrogens is 200 g/mol. The third-order valence-corrected chi connectivity index (χ3v) is 2.16. The molecule has 0 radical (unpaired) electrons. The Hall–Kier alpha value is -2.16. The monoisotopic (exact) mass is 212 g/mol. The zero-order valence-electron chi connectivity index (χ0n) is 9.00. The molecule has 80 valence electrons. The molecule has 0 unspecified atom stereocenters. The molecule has 0 atom stereocenters. The first-order chi connectivity index (χ1) is 7.92. The van der Waals surface area contributed by atoms with Crippen molar-refractivity contribution in [3.63, 3.8) is 0 Å². The van der Waals surface area contributed by atoms with Gasteiger partial charge in [-0.2, -0.15) is 0 Å². The van der Waals surface area contributed by atoms with Gasteiger partial charge in [-0.25, -0.2) is 0 Å². The fraction of sp³-hybridized carbons (Fsp3) is 0.0769. The molecule has 3 nitrogen and oxygen atoms in total. The van der Waals surface area contributed by atoms with E-state index in [2.05, 4.69) is 10.1 Å². The predicted octanol–water partition coefficient (Wildman–Crippen LogP) is 3.06. The third kappa shape index (κ3) is 2.25. The molecule has 0 bridgehead atoms. The maximum Gasteiger partial charge on any atom is 0.131 e. The molecule has 0 spiro atoms. The molecule has 0 amide bonds. The van der Waals surface area contributed by atoms with Crippen molar-refractivity contribution in [1.29, 1.82) is 0 Å². The van der Waals surface area contributed by atoms with Crippen molar-refractivity contribution in [1.82, 2.24) is 5.16 Å². The van der Waals surface area contributed by atoms with Crippen LogP contribution in [0.1, 0.15) is 5.56 Å². The van der Waals surface area contributed by atoms with E-state index in [0.29, 0.717) is 0 Å². The molecule has 0 saturated carbocycles. The molecule has 0 aliphatic heterocycles. The van der Waals surface area contributed by atoms with Crippen molar-refractivity contribution in [3.05, 3.63) is 48.2 Å². The smallest absolute Gasteiger partial charge is 0.131 e. The van der Waals surface area contributed by atoms with Crippen LogP contribution in [0.4, 0.5) is 0 Å². The molecule has 1 aromatic carbocycles. The number of nitrogens with zero attached hydrogens (tertiary/aromatic N) is 2. The average molecular weight is 212 g/mol. The van der Waals surface area contributed by atoms with Gasteiger partial charge < -0.3 is 4.52 Å². The summed E-state index contributed by atoms with van der Waals surface area (Å²) in [4.78, 5) is 3.87. The molecule has 1 heterocycles. The summed E-state index contributed by atoms with van der Waals surface area (Å²) >= 11 is 0. The Morgan fingerprint density at radius 3 is 2.81 bits per heavy atom. The van der Waals surface area contributed by atoms with Crippen LogP contribution in [0.3, 0.4) is 0 Å². The first-order valence-corrected chi connectivity index (χ1v) is 5.00. The van der Waals surface area contributed by atoms with Crippen molar-refractivity contribution in [2.75, 3.05) is 7.05 Å². The lowest BCUT2D eigenvalue weighted by Crippen LogP contribution is -1.79. The van der Waals surface area contributed by atoms with Crippen LogP contribution >= 0.6 is 0 Å². The number of rotatable bonds is 3. The van der Waals surface area contributed by atoms with E-state index in [9.17, 15) is 0 Å². The molecular formula is C13H12N2O. The van der Waals surface area contributed by atoms with Crippen molar-refractivity contribution in [2.24, 2.45) is 4.99 Å². The van der Waals surface area contributed by atoms with Crippen LogP contribution in [0.5, 0.6) is 0 Å². The molecule has 0 aliphatic rings. The van der Waals surface area contributed by atoms with Gasteiger partial charge in [0.05, 0.1) is 0 Å². The van der Waals surface area contributed by atoms with E-state index < -0.39 is 0 Å². The van der Waals surface area contributed by atoms with Crippen LogP contribution in [0.2, 0.25) is 0 Å². The second-order valence-electron chi connectivity index (χ2n) is 3.25. The molecule has 0 saturated heterocycles. The first kappa shape index (κ1) is 10.4. The third-order valence-electron chi connectivity index (χ3n) is 2.16. The maximum atomic E-state index is 4.98. The van der Waals surface area contributed by atoms with E-state index in [1.807, 2.05) is 42.5 Å². The van der Waals surface area contributed by atoms with Gasteiger partial charge in [0.25, 0.3) is 0 Å². The second-order valence-corrected chi connectivity index (χ2v) is 3.25. The summed E-state index contributed by atoms with van der Waals surface area (Å²) < 4.78 is 4.98. The van der Waals surface area contributed by atoms with Gasteiger partial charge in [0, 0.05) is 24.4 Å². The highest BCUT2D eigenvalue weighted by Crippen LogP contribution is 2.22. The summed E-state index contributed by atoms with van der Waals surface area (Å²) in [7, 11) is 1.73. The summed E-state index contributed by atoms with van der Waals surface area (Å²) in [6.45, 7) is 0. The highest BCUT2D eigenvalue weighted by atomic mass is 16.5. The lowest BCUT2D eigenvalue weighted by Gasteiger charge is -1.95. The van der Waals surface area contributed by atoms with Crippen LogP contribution in [0, 0.1) is 0 Å². The minimum absolute atomic E-state index is 0.848. The summed E-state index contributed by atoms with van der Waals surface area (Å²) in [6.07, 6.45) is 7.13. The van der Waals surface area contributed by atoms with E-state index in [4.69, 9.17) is 4.52 Å². The van der Waals surface area contributed by atoms with Crippen molar-refractivity contribution < 1.29 is 4.52 Å². The Morgan fingerprint density at radius 1 is 1.25 bits per heavy atom. The molecule has 2 rings (SSSR count). The normalized spacial score (nSPS) is 11.6. The highest BCUT2D eigenvalue weighted by Gasteiger charge is 2.06. The van der Waals surface area contributed by atoms with Gasteiger partial charge in [0.2, 0.25) is 0 Å². The van der Waals surface area contributed by atoms with Crippen LogP contribution in [0.25, 0.3) is 17.3 Å². The summed E-state index contributed by atoms with van der Waals surface area (Å²) in [5.74, 6) is 0. The second kappa shape index (κ2) is 5.07. The maximum absolute atomic E-state index is 4.98. The van der Waals surface area contributed by atoms with Crippen molar-refractivity contribution in [3.8, 4) is 11.3 Å². The Kier molecular flexibility index (Phi) is 3.28. The number of aromatic nitrogens is 1. The summed E-state index contributed by atoms with van der Waals surface area (Å²) in [6, 6.07) is 9.94. The minimum Gasteiger partial charge on any atom is -0.363 e. The van der Waals surface area contributed by atoms with Crippen LogP contribution < -0.4 is 0 Å². The average Bonchev–Trinajstić information content (AvgIpc) is 2.79. The van der Waals surface area contributed by atoms with E-state index in [1.165, 1.54) is 0 Å². The quantitative estimate of drug-likeness (QED) is 0.733. The molecule has 16 heavy (non-hydrogen) atoms. The van der Waals surface area contributed by atoms with Gasteiger partial charge >= 0.3 is 0 Å². The molecule has 0 N–H and O–H groups in total. The number of benzene rings is 1. The van der Waals surface area contributed by atoms with Crippen molar-refractivity contribution in [2.45, 2.75) is 0 Å². The highest BCUT2D eigenvalue weighted by molar-refractivity contribution is 5.81. The van der Waals surface area contributed by atoms with E-state index in [0.717, 1.165) is 16.8 Å². The van der Waals surface area contributed by atoms with E-state index in [1.54, 1.807) is 19.5 Å². The van der Waals surface area contributed by atoms with Gasteiger partial charge in [-0.1, -0.05) is 35.5 Å². The molecule has 1 aromatic heterocycles. The zero-order valence-corrected chi connectivity index (χ0v) is 9.00. The van der Waals surface area contributed by atoms with Gasteiger partial charge in [0.15, 0.2) is 0 Å². The Labute approximate surface area is 94.1 Å². The van der Waals surface area contributed by atoms with Crippen LogP contribution in [-0.4, -0.2) is 18.4 Å². The Morgan fingerprint density at radius 2 is 2.06 bits per heavy atom. The Balaban J connectivity index is 2.33. The number of hydrogen-bond acceptors (Lipinski definition) is 3. The Bertz CT molecular complexity index is 498. The molecule has 0 aliphatic carbocycles. The fourth-order valence-electron chi connectivity index (χ4n) is 1.41. The number of allylic oxidation sites excluding steroid dienone is 1. The van der Waals surface area contributed by atoms with Gasteiger partial charge in [-0.3, -0.25) is 4.99 Å². The van der Waals surface area contributed by atoms with E-state index >= 15 is 0 Å². The standard InChI is InChI=1S/C13H12N2O/c1-14-9-5-8-12-10-16-15-13(12)11-6-3-2-4-7-11/h2-10H,1H3/b8-5-,14-9?. The van der Waals surface area contributed by atoms with Gasteiger partial charge in [-0.05, 0) is 12.2 Å². The fourth-order valence-corrected chi connectivity index (χ4v) is 1.41. The summed E-state index contributed by atoms with van der Waals surface area (Å²) in [5.41, 5.74) is 2.84. The first-order valence-electron chi connectivity index (χ1n) is 5.00. The SMILES string of the molecule is CN=C/C=C\c1conc1-c1ccccc1. The summed E-state index contributed by atoms with van der Waals surface area (Å²) in [5, 5.41) is 3.99. The van der Waals surface area contributed by atoms with Crippen molar-refractivity contribution >= 4 is 12.3 Å². The predicted molar refractivity (Wildman–Crippen MR) is 65.4 cm³/mol. The number of hydrogen-bond donors (Lipinski definition) is 0. The molecule has 3 heteroatoms. The van der Waals surface area contributed by atoms with Gasteiger partial charge in [-0.15, -0.1) is 0 Å². The molecule has 2 aromatic rings. The zero-order chi connectivity index (χ0) is 11.2. The number of aliphatic imine (C=N–C) groups is 1. The minimum atomic E-state index is 0.848. The molecule has 0 fully saturated rings. The topological polar surface area (TPSA) is 38.4 Å². The van der Waals surface area contributed by atoms with Crippen LogP contribution in [-0.2, 0) is 0 Å². The largest absolute Gasteiger partial charge is 0.363 e. The van der Waals surface area contributed by atoms with Gasteiger partial charge in [0.1, 0.15) is 12.0 Å².